The molecule has 2 nitrogen and oxygen atoms in total. The van der Waals surface area contributed by atoms with Crippen molar-refractivity contribution in [3.8, 4) is 0 Å². The zero-order valence-electron chi connectivity index (χ0n) is 10.6. The Balaban J connectivity index is 1.48. The van der Waals surface area contributed by atoms with E-state index in [-0.39, 0.29) is 0 Å². The molecule has 0 aromatic heterocycles. The molecule has 3 rings (SSSR count). The van der Waals surface area contributed by atoms with Crippen LogP contribution in [0.2, 0.25) is 0 Å². The fraction of sp³-hybridized carbons (Fsp3) is 0.857. The molecule has 0 unspecified atom stereocenters. The van der Waals surface area contributed by atoms with Crippen molar-refractivity contribution in [1.82, 2.24) is 9.80 Å². The van der Waals surface area contributed by atoms with Crippen LogP contribution in [-0.4, -0.2) is 50.1 Å². The van der Waals surface area contributed by atoms with Crippen molar-refractivity contribution in [3.63, 3.8) is 0 Å². The zero-order chi connectivity index (χ0) is 11.1. The quantitative estimate of drug-likeness (QED) is 0.665. The maximum atomic E-state index is 2.71. The van der Waals surface area contributed by atoms with Gasteiger partial charge in [-0.25, -0.2) is 0 Å². The molecule has 0 amide bonds. The average molecular weight is 220 g/mol. The summed E-state index contributed by atoms with van der Waals surface area (Å²) in [5.74, 6) is 3.89. The van der Waals surface area contributed by atoms with Gasteiger partial charge >= 0.3 is 0 Å². The van der Waals surface area contributed by atoms with E-state index >= 15 is 0 Å². The third kappa shape index (κ3) is 1.82. The van der Waals surface area contributed by atoms with E-state index in [1.165, 1.54) is 39.0 Å². The standard InChI is InChI=1S/C14H24N2/c1-15(2)6-3-7-16-9-13-11-4-5-12(8-11)14(13)10-16/h4-5,11-14H,3,6-10H2,1-2H3/t11-,12+,13-,14+. The SMILES string of the molecule is CN(C)CCCN1C[C@@H]2[C@H](C1)[C@@H]1C=C[C@H]2C1. The van der Waals surface area contributed by atoms with E-state index in [0.29, 0.717) is 0 Å². The van der Waals surface area contributed by atoms with Gasteiger partial charge in [0.1, 0.15) is 0 Å². The molecule has 90 valence electrons. The summed E-state index contributed by atoms with van der Waals surface area (Å²) in [6.45, 7) is 5.30. The molecule has 0 spiro atoms. The van der Waals surface area contributed by atoms with Crippen molar-refractivity contribution >= 4 is 0 Å². The molecule has 16 heavy (non-hydrogen) atoms. The summed E-state index contributed by atoms with van der Waals surface area (Å²) in [5.41, 5.74) is 0. The fourth-order valence-corrected chi connectivity index (χ4v) is 4.03. The minimum atomic E-state index is 0.939. The lowest BCUT2D eigenvalue weighted by Gasteiger charge is -2.19. The largest absolute Gasteiger partial charge is 0.309 e. The molecule has 2 fully saturated rings. The van der Waals surface area contributed by atoms with E-state index in [2.05, 4.69) is 36.0 Å². The van der Waals surface area contributed by atoms with Gasteiger partial charge in [-0.05, 0) is 63.7 Å². The molecule has 0 radical (unpaired) electrons. The smallest absolute Gasteiger partial charge is 0.00188 e. The Morgan fingerprint density at radius 1 is 1.12 bits per heavy atom. The maximum absolute atomic E-state index is 2.71. The van der Waals surface area contributed by atoms with Gasteiger partial charge < -0.3 is 9.80 Å². The van der Waals surface area contributed by atoms with E-state index in [9.17, 15) is 0 Å². The van der Waals surface area contributed by atoms with Crippen LogP contribution in [0.4, 0.5) is 0 Å². The number of fused-ring (bicyclic) bond motifs is 5. The maximum Gasteiger partial charge on any atom is 0.00188 e. The summed E-state index contributed by atoms with van der Waals surface area (Å²) in [6.07, 6.45) is 7.79. The molecule has 1 heterocycles. The van der Waals surface area contributed by atoms with Gasteiger partial charge in [-0.15, -0.1) is 0 Å². The van der Waals surface area contributed by atoms with Crippen molar-refractivity contribution < 1.29 is 0 Å². The number of hydrogen-bond acceptors (Lipinski definition) is 2. The highest BCUT2D eigenvalue weighted by Crippen LogP contribution is 2.51. The van der Waals surface area contributed by atoms with Crippen molar-refractivity contribution in [1.29, 1.82) is 0 Å². The minimum absolute atomic E-state index is 0.939. The molecule has 0 aromatic rings. The third-order valence-electron chi connectivity index (χ3n) is 4.82. The van der Waals surface area contributed by atoms with Gasteiger partial charge in [-0.3, -0.25) is 0 Å². The molecule has 4 atom stereocenters. The zero-order valence-corrected chi connectivity index (χ0v) is 10.6. The Morgan fingerprint density at radius 3 is 2.31 bits per heavy atom. The fourth-order valence-electron chi connectivity index (χ4n) is 4.03. The van der Waals surface area contributed by atoms with Crippen LogP contribution in [-0.2, 0) is 0 Å². The molecule has 0 N–H and O–H groups in total. The monoisotopic (exact) mass is 220 g/mol. The molecule has 1 aliphatic heterocycles. The number of hydrogen-bond donors (Lipinski definition) is 0. The molecular weight excluding hydrogens is 196 g/mol. The van der Waals surface area contributed by atoms with Crippen LogP contribution in [0.3, 0.4) is 0 Å². The average Bonchev–Trinajstić information content (AvgIpc) is 2.87. The predicted octanol–water partition coefficient (Wildman–Crippen LogP) is 1.69. The first-order valence-corrected chi connectivity index (χ1v) is 6.79. The Morgan fingerprint density at radius 2 is 1.75 bits per heavy atom. The van der Waals surface area contributed by atoms with Crippen LogP contribution in [0.25, 0.3) is 0 Å². The van der Waals surface area contributed by atoms with E-state index in [0.717, 1.165) is 23.7 Å². The summed E-state index contributed by atoms with van der Waals surface area (Å²) >= 11 is 0. The molecule has 3 aliphatic rings. The molecule has 2 heteroatoms. The van der Waals surface area contributed by atoms with Crippen molar-refractivity contribution in [3.05, 3.63) is 12.2 Å². The number of allylic oxidation sites excluding steroid dienone is 2. The minimum Gasteiger partial charge on any atom is -0.309 e. The van der Waals surface area contributed by atoms with Crippen LogP contribution in [0.5, 0.6) is 0 Å². The van der Waals surface area contributed by atoms with Gasteiger partial charge in [0.15, 0.2) is 0 Å². The highest BCUT2D eigenvalue weighted by Gasteiger charge is 2.48. The predicted molar refractivity (Wildman–Crippen MR) is 67.3 cm³/mol. The lowest BCUT2D eigenvalue weighted by Crippen LogP contribution is -2.27. The van der Waals surface area contributed by atoms with Crippen LogP contribution < -0.4 is 0 Å². The van der Waals surface area contributed by atoms with Crippen LogP contribution >= 0.6 is 0 Å². The van der Waals surface area contributed by atoms with Crippen LogP contribution in [0, 0.1) is 23.7 Å². The lowest BCUT2D eigenvalue weighted by molar-refractivity contribution is 0.276. The van der Waals surface area contributed by atoms with E-state index in [1.54, 1.807) is 0 Å². The van der Waals surface area contributed by atoms with Gasteiger partial charge in [0.25, 0.3) is 0 Å². The van der Waals surface area contributed by atoms with Gasteiger partial charge in [0.2, 0.25) is 0 Å². The summed E-state index contributed by atoms with van der Waals surface area (Å²) in [4.78, 5) is 5.01. The highest BCUT2D eigenvalue weighted by atomic mass is 15.2. The van der Waals surface area contributed by atoms with Crippen molar-refractivity contribution in [2.45, 2.75) is 12.8 Å². The summed E-state index contributed by atoms with van der Waals surface area (Å²) < 4.78 is 0. The first-order valence-electron chi connectivity index (χ1n) is 6.79. The van der Waals surface area contributed by atoms with Gasteiger partial charge in [-0.2, -0.15) is 0 Å². The molecule has 0 aromatic carbocycles. The van der Waals surface area contributed by atoms with Gasteiger partial charge in [0, 0.05) is 13.1 Å². The Hall–Kier alpha value is -0.340. The molecular formula is C14H24N2. The number of nitrogens with zero attached hydrogens (tertiary/aromatic N) is 2. The summed E-state index contributed by atoms with van der Waals surface area (Å²) in [5, 5.41) is 0. The molecule has 1 saturated carbocycles. The van der Waals surface area contributed by atoms with Gasteiger partial charge in [-0.1, -0.05) is 12.2 Å². The van der Waals surface area contributed by atoms with Gasteiger partial charge in [0.05, 0.1) is 0 Å². The second-order valence-corrected chi connectivity index (χ2v) is 6.19. The Bertz CT molecular complexity index is 264. The normalized spacial score (nSPS) is 41.2. The highest BCUT2D eigenvalue weighted by molar-refractivity contribution is 5.16. The number of likely N-dealkylation sites (tertiary alicyclic amines) is 1. The van der Waals surface area contributed by atoms with Crippen LogP contribution in [0.1, 0.15) is 12.8 Å². The van der Waals surface area contributed by atoms with Crippen molar-refractivity contribution in [2.75, 3.05) is 40.3 Å². The summed E-state index contributed by atoms with van der Waals surface area (Å²) in [6, 6.07) is 0. The van der Waals surface area contributed by atoms with Crippen molar-refractivity contribution in [2.24, 2.45) is 23.7 Å². The Labute approximate surface area is 99.3 Å². The lowest BCUT2D eigenvalue weighted by atomic mass is 9.86. The first kappa shape index (κ1) is 10.8. The second kappa shape index (κ2) is 4.15. The summed E-state index contributed by atoms with van der Waals surface area (Å²) in [7, 11) is 4.34. The molecule has 1 saturated heterocycles. The second-order valence-electron chi connectivity index (χ2n) is 6.19. The Kier molecular flexibility index (Phi) is 2.80. The topological polar surface area (TPSA) is 6.48 Å². The van der Waals surface area contributed by atoms with E-state index in [1.807, 2.05) is 0 Å². The van der Waals surface area contributed by atoms with E-state index < -0.39 is 0 Å². The van der Waals surface area contributed by atoms with Crippen LogP contribution in [0.15, 0.2) is 12.2 Å². The molecule has 2 bridgehead atoms. The van der Waals surface area contributed by atoms with E-state index in [4.69, 9.17) is 0 Å². The number of rotatable bonds is 4. The third-order valence-corrected chi connectivity index (χ3v) is 4.82. The first-order chi connectivity index (χ1) is 7.74. The molecule has 2 aliphatic carbocycles.